The lowest BCUT2D eigenvalue weighted by Crippen LogP contribution is -2.58. The molecule has 1 aromatic carbocycles. The zero-order valence-electron chi connectivity index (χ0n) is 14.8. The van der Waals surface area contributed by atoms with Crippen LogP contribution in [-0.2, 0) is 10.0 Å². The number of rotatable bonds is 4. The maximum atomic E-state index is 11.6. The van der Waals surface area contributed by atoms with Crippen molar-refractivity contribution in [3.05, 3.63) is 34.9 Å². The number of nitrogens with zero attached hydrogens (tertiary/aromatic N) is 2. The molecule has 25 heavy (non-hydrogen) atoms. The normalized spacial score (nSPS) is 18.5. The summed E-state index contributed by atoms with van der Waals surface area (Å²) in [5.41, 5.74) is 15.2. The second-order valence-electron chi connectivity index (χ2n) is 6.91. The number of nitrogens with one attached hydrogen (secondary N) is 2. The summed E-state index contributed by atoms with van der Waals surface area (Å²) in [4.78, 5) is 0. The minimum Gasteiger partial charge on any atom is -0.325 e. The molecule has 7 nitrogen and oxygen atoms in total. The van der Waals surface area contributed by atoms with Gasteiger partial charge in [0.2, 0.25) is 10.0 Å². The average Bonchev–Trinajstić information content (AvgIpc) is 2.50. The molecule has 1 saturated carbocycles. The van der Waals surface area contributed by atoms with Crippen LogP contribution in [-0.4, -0.2) is 43.4 Å². The van der Waals surface area contributed by atoms with E-state index < -0.39 is 10.0 Å². The lowest BCUT2D eigenvalue weighted by atomic mass is 9.87. The summed E-state index contributed by atoms with van der Waals surface area (Å²) in [5, 5.41) is 10.4. The summed E-state index contributed by atoms with van der Waals surface area (Å²) in [6, 6.07) is 5.68. The smallest absolute Gasteiger partial charge is 0.214 e. The number of benzene rings is 1. The molecule has 0 spiro atoms. The van der Waals surface area contributed by atoms with Gasteiger partial charge in [0.1, 0.15) is 0 Å². The fourth-order valence-electron chi connectivity index (χ4n) is 2.71. The molecule has 8 heteroatoms. The van der Waals surface area contributed by atoms with Crippen molar-refractivity contribution < 1.29 is 8.42 Å². The van der Waals surface area contributed by atoms with Gasteiger partial charge in [0.05, 0.1) is 5.75 Å². The number of sulfonamides is 1. The van der Waals surface area contributed by atoms with Crippen LogP contribution in [0.1, 0.15) is 36.0 Å². The van der Waals surface area contributed by atoms with Crippen LogP contribution >= 0.6 is 0 Å². The van der Waals surface area contributed by atoms with E-state index in [0.29, 0.717) is 30.3 Å². The molecule has 0 bridgehead atoms. The van der Waals surface area contributed by atoms with Crippen LogP contribution in [0.2, 0.25) is 0 Å². The fourth-order valence-corrected chi connectivity index (χ4v) is 4.69. The summed E-state index contributed by atoms with van der Waals surface area (Å²) < 4.78 is 24.8. The van der Waals surface area contributed by atoms with E-state index in [1.54, 1.807) is 0 Å². The monoisotopic (exact) mass is 365 g/mol. The van der Waals surface area contributed by atoms with Crippen molar-refractivity contribution in [2.45, 2.75) is 39.2 Å². The maximum Gasteiger partial charge on any atom is 0.214 e. The van der Waals surface area contributed by atoms with Crippen LogP contribution in [0.5, 0.6) is 0 Å². The van der Waals surface area contributed by atoms with Crippen LogP contribution in [0, 0.1) is 30.7 Å². The van der Waals surface area contributed by atoms with Crippen molar-refractivity contribution in [1.29, 1.82) is 10.9 Å². The Morgan fingerprint density at radius 1 is 1.28 bits per heavy atom. The highest BCUT2D eigenvalue weighted by Gasteiger charge is 2.35. The Labute approximate surface area is 149 Å². The van der Waals surface area contributed by atoms with Crippen LogP contribution in [0.3, 0.4) is 0 Å². The Morgan fingerprint density at radius 2 is 1.92 bits per heavy atom. The van der Waals surface area contributed by atoms with Gasteiger partial charge in [0.15, 0.2) is 5.84 Å². The third kappa shape index (κ3) is 5.17. The summed E-state index contributed by atoms with van der Waals surface area (Å²) in [5.74, 6) is 0.777. The Kier molecular flexibility index (Phi) is 6.42. The van der Waals surface area contributed by atoms with Gasteiger partial charge in [-0.05, 0) is 49.8 Å². The third-order valence-electron chi connectivity index (χ3n) is 4.83. The third-order valence-corrected chi connectivity index (χ3v) is 6.81. The molecular weight excluding hydrogens is 338 g/mol. The molecule has 0 aromatic heterocycles. The highest BCUT2D eigenvalue weighted by atomic mass is 32.2. The van der Waals surface area contributed by atoms with Crippen molar-refractivity contribution >= 4 is 15.9 Å². The molecule has 2 fully saturated rings. The first-order chi connectivity index (χ1) is 11.7. The van der Waals surface area contributed by atoms with E-state index in [9.17, 15) is 8.42 Å². The molecule has 4 N–H and O–H groups in total. The Balaban J connectivity index is 0.000000181. The lowest BCUT2D eigenvalue weighted by molar-refractivity contribution is 0.258. The molecule has 0 radical (unpaired) electrons. The molecular formula is C17H27N5O2S. The Morgan fingerprint density at radius 3 is 2.36 bits per heavy atom. The van der Waals surface area contributed by atoms with Gasteiger partial charge in [-0.15, -0.1) is 5.11 Å². The maximum absolute atomic E-state index is 11.6. The van der Waals surface area contributed by atoms with Gasteiger partial charge in [-0.1, -0.05) is 18.6 Å². The van der Waals surface area contributed by atoms with Gasteiger partial charge >= 0.3 is 0 Å². The largest absolute Gasteiger partial charge is 0.325 e. The van der Waals surface area contributed by atoms with E-state index in [4.69, 9.17) is 16.7 Å². The molecule has 1 saturated heterocycles. The lowest BCUT2D eigenvalue weighted by Gasteiger charge is -2.37. The fraction of sp³-hybridized carbons (Fsp3) is 0.588. The van der Waals surface area contributed by atoms with Gasteiger partial charge in [-0.2, -0.15) is 4.31 Å². The molecule has 1 aliphatic carbocycles. The van der Waals surface area contributed by atoms with E-state index >= 15 is 0 Å². The number of nitrogens with two attached hydrogens (primary N) is 1. The number of hydrogen-bond acceptors (Lipinski definition) is 5. The molecule has 1 aromatic rings. The first-order valence-corrected chi connectivity index (χ1v) is 10.1. The van der Waals surface area contributed by atoms with E-state index in [0.717, 1.165) is 18.4 Å². The van der Waals surface area contributed by atoms with Crippen molar-refractivity contribution in [2.24, 2.45) is 16.8 Å². The number of aryl methyl sites for hydroxylation is 2. The molecule has 2 aliphatic rings. The van der Waals surface area contributed by atoms with Gasteiger partial charge in [-0.25, -0.2) is 13.9 Å². The number of amidine groups is 1. The standard InChI is InChI=1S/C9H11N3.C8H16N2O2S/c1-6-3-4-8(5-7(6)2)9(10)12-11;9-8-4-10(5-8)13(11,12)6-7-2-1-3-7/h3-5,10-11H,1-2H3;7-8H,1-6,9H2. The molecule has 0 amide bonds. The van der Waals surface area contributed by atoms with Crippen LogP contribution < -0.4 is 5.73 Å². The summed E-state index contributed by atoms with van der Waals surface area (Å²) in [7, 11) is -2.96. The summed E-state index contributed by atoms with van der Waals surface area (Å²) in [6.45, 7) is 5.04. The summed E-state index contributed by atoms with van der Waals surface area (Å²) in [6.07, 6.45) is 3.36. The topological polar surface area (TPSA) is 123 Å². The van der Waals surface area contributed by atoms with Crippen LogP contribution in [0.4, 0.5) is 0 Å². The molecule has 138 valence electrons. The predicted molar refractivity (Wildman–Crippen MR) is 98.6 cm³/mol. The second kappa shape index (κ2) is 8.16. The minimum absolute atomic E-state index is 0.0121. The predicted octanol–water partition coefficient (Wildman–Crippen LogP) is 2.42. The zero-order chi connectivity index (χ0) is 18.6. The van der Waals surface area contributed by atoms with Crippen molar-refractivity contribution in [2.75, 3.05) is 18.8 Å². The van der Waals surface area contributed by atoms with Gasteiger partial charge in [0.25, 0.3) is 0 Å². The highest BCUT2D eigenvalue weighted by Crippen LogP contribution is 2.29. The summed E-state index contributed by atoms with van der Waals surface area (Å²) >= 11 is 0. The van der Waals surface area contributed by atoms with Crippen molar-refractivity contribution in [3.8, 4) is 0 Å². The van der Waals surface area contributed by atoms with Crippen LogP contribution in [0.15, 0.2) is 23.3 Å². The van der Waals surface area contributed by atoms with E-state index in [-0.39, 0.29) is 11.9 Å². The highest BCUT2D eigenvalue weighted by molar-refractivity contribution is 7.89. The van der Waals surface area contributed by atoms with E-state index in [2.05, 4.69) is 5.11 Å². The minimum atomic E-state index is -2.96. The molecule has 1 heterocycles. The first kappa shape index (κ1) is 19.7. The Bertz CT molecular complexity index is 737. The second-order valence-corrected chi connectivity index (χ2v) is 8.93. The number of hydrogen-bond donors (Lipinski definition) is 3. The van der Waals surface area contributed by atoms with E-state index in [1.165, 1.54) is 16.3 Å². The molecule has 1 aliphatic heterocycles. The SMILES string of the molecule is Cc1ccc(C(=N)N=N)cc1C.NC1CN(S(=O)(=O)CC2CCC2)C1. The molecule has 0 unspecified atom stereocenters. The Hall–Kier alpha value is -1.64. The van der Waals surface area contributed by atoms with Gasteiger partial charge in [-0.3, -0.25) is 5.41 Å². The average molecular weight is 366 g/mol. The van der Waals surface area contributed by atoms with Crippen molar-refractivity contribution in [1.82, 2.24) is 4.31 Å². The first-order valence-electron chi connectivity index (χ1n) is 8.50. The molecule has 0 atom stereocenters. The zero-order valence-corrected chi connectivity index (χ0v) is 15.6. The van der Waals surface area contributed by atoms with Crippen LogP contribution in [0.25, 0.3) is 0 Å². The molecule has 3 rings (SSSR count). The van der Waals surface area contributed by atoms with Crippen molar-refractivity contribution in [3.63, 3.8) is 0 Å². The van der Waals surface area contributed by atoms with Gasteiger partial charge in [0, 0.05) is 24.7 Å². The van der Waals surface area contributed by atoms with E-state index in [1.807, 2.05) is 32.0 Å². The quantitative estimate of drug-likeness (QED) is 0.431. The van der Waals surface area contributed by atoms with Gasteiger partial charge < -0.3 is 5.73 Å².